The molecule has 3 heteroatoms. The van der Waals surface area contributed by atoms with Crippen LogP contribution in [0.2, 0.25) is 0 Å². The van der Waals surface area contributed by atoms with Crippen molar-refractivity contribution in [1.29, 1.82) is 0 Å². The zero-order valence-corrected chi connectivity index (χ0v) is 15.1. The Bertz CT molecular complexity index is 797. The number of hydrogen-bond donors (Lipinski definition) is 0. The first-order chi connectivity index (χ1) is 12.1. The van der Waals surface area contributed by atoms with Gasteiger partial charge in [0.25, 0.3) is 0 Å². The first kappa shape index (κ1) is 17.4. The van der Waals surface area contributed by atoms with Crippen LogP contribution in [0.3, 0.4) is 0 Å². The Morgan fingerprint density at radius 2 is 1.56 bits per heavy atom. The summed E-state index contributed by atoms with van der Waals surface area (Å²) in [5.41, 5.74) is 4.43. The van der Waals surface area contributed by atoms with Gasteiger partial charge in [-0.25, -0.2) is 4.79 Å². The highest BCUT2D eigenvalue weighted by atomic mass is 16.5. The van der Waals surface area contributed by atoms with Crippen LogP contribution >= 0.6 is 0 Å². The Morgan fingerprint density at radius 3 is 2.12 bits per heavy atom. The lowest BCUT2D eigenvalue weighted by Crippen LogP contribution is -2.46. The van der Waals surface area contributed by atoms with Crippen molar-refractivity contribution < 1.29 is 14.3 Å². The van der Waals surface area contributed by atoms with Crippen LogP contribution in [0.5, 0.6) is 0 Å². The Morgan fingerprint density at radius 1 is 0.960 bits per heavy atom. The van der Waals surface area contributed by atoms with E-state index in [1.165, 1.54) is 12.7 Å². The number of rotatable bonds is 6. The van der Waals surface area contributed by atoms with E-state index in [1.54, 1.807) is 12.1 Å². The van der Waals surface area contributed by atoms with Crippen LogP contribution in [0.4, 0.5) is 0 Å². The molecule has 3 nitrogen and oxygen atoms in total. The summed E-state index contributed by atoms with van der Waals surface area (Å²) in [5.74, 6) is -0.0296. The van der Waals surface area contributed by atoms with Gasteiger partial charge in [0.15, 0.2) is 5.78 Å². The molecule has 0 heterocycles. The first-order valence-corrected chi connectivity index (χ1v) is 8.95. The molecule has 0 unspecified atom stereocenters. The number of benzene rings is 2. The zero-order valence-electron chi connectivity index (χ0n) is 15.1. The summed E-state index contributed by atoms with van der Waals surface area (Å²) >= 11 is 0. The SMILES string of the molecule is CCCC1(CCC)C(=O)c2ccc(-c3ccc(C(=O)OC)cc3)cc21. The fourth-order valence-electron chi connectivity index (χ4n) is 4.03. The summed E-state index contributed by atoms with van der Waals surface area (Å²) in [6.07, 6.45) is 3.83. The molecule has 0 fully saturated rings. The van der Waals surface area contributed by atoms with Gasteiger partial charge in [0, 0.05) is 5.56 Å². The maximum atomic E-state index is 12.7. The summed E-state index contributed by atoms with van der Waals surface area (Å²) in [4.78, 5) is 24.3. The fraction of sp³-hybridized carbons (Fsp3) is 0.364. The molecule has 0 amide bonds. The minimum absolute atomic E-state index is 0.291. The third kappa shape index (κ3) is 2.78. The molecule has 2 aromatic carbocycles. The summed E-state index contributed by atoms with van der Waals surface area (Å²) in [6.45, 7) is 4.27. The lowest BCUT2D eigenvalue weighted by molar-refractivity contribution is 0.0600. The number of methoxy groups -OCH3 is 1. The van der Waals surface area contributed by atoms with Crippen molar-refractivity contribution in [2.75, 3.05) is 7.11 Å². The number of fused-ring (bicyclic) bond motifs is 1. The molecule has 0 atom stereocenters. The van der Waals surface area contributed by atoms with Gasteiger partial charge >= 0.3 is 5.97 Å². The van der Waals surface area contributed by atoms with E-state index < -0.39 is 0 Å². The van der Waals surface area contributed by atoms with Gasteiger partial charge in [0.1, 0.15) is 0 Å². The minimum Gasteiger partial charge on any atom is -0.465 e. The van der Waals surface area contributed by atoms with Crippen molar-refractivity contribution >= 4 is 11.8 Å². The molecular weight excluding hydrogens is 312 g/mol. The Labute approximate surface area is 149 Å². The number of carbonyl (C=O) groups excluding carboxylic acids is 2. The summed E-state index contributed by atoms with van der Waals surface area (Å²) in [7, 11) is 1.38. The first-order valence-electron chi connectivity index (χ1n) is 8.95. The average Bonchev–Trinajstić information content (AvgIpc) is 2.66. The molecule has 0 N–H and O–H groups in total. The number of ether oxygens (including phenoxy) is 1. The van der Waals surface area contributed by atoms with Crippen molar-refractivity contribution in [3.05, 3.63) is 59.2 Å². The summed E-state index contributed by atoms with van der Waals surface area (Å²) < 4.78 is 4.74. The standard InChI is InChI=1S/C22H24O3/c1-4-12-22(13-5-2)19-14-17(10-11-18(19)20(22)23)15-6-8-16(9-7-15)21(24)25-3/h6-11,14H,4-5,12-13H2,1-3H3. The van der Waals surface area contributed by atoms with Crippen LogP contribution in [0.1, 0.15) is 65.8 Å². The van der Waals surface area contributed by atoms with Gasteiger partial charge in [-0.2, -0.15) is 0 Å². The second-order valence-electron chi connectivity index (χ2n) is 6.74. The average molecular weight is 336 g/mol. The Kier molecular flexibility index (Phi) is 4.76. The second kappa shape index (κ2) is 6.83. The normalized spacial score (nSPS) is 14.6. The third-order valence-corrected chi connectivity index (χ3v) is 5.21. The van der Waals surface area contributed by atoms with Crippen LogP contribution in [-0.4, -0.2) is 18.9 Å². The van der Waals surface area contributed by atoms with E-state index in [0.29, 0.717) is 11.3 Å². The Hall–Kier alpha value is -2.42. The van der Waals surface area contributed by atoms with Crippen molar-refractivity contribution in [3.63, 3.8) is 0 Å². The van der Waals surface area contributed by atoms with Crippen LogP contribution in [0.25, 0.3) is 11.1 Å². The van der Waals surface area contributed by atoms with Crippen molar-refractivity contribution in [1.82, 2.24) is 0 Å². The lowest BCUT2D eigenvalue weighted by atomic mass is 9.58. The van der Waals surface area contributed by atoms with Crippen LogP contribution in [0, 0.1) is 0 Å². The van der Waals surface area contributed by atoms with Crippen molar-refractivity contribution in [2.24, 2.45) is 0 Å². The molecule has 25 heavy (non-hydrogen) atoms. The van der Waals surface area contributed by atoms with Crippen LogP contribution < -0.4 is 0 Å². The largest absolute Gasteiger partial charge is 0.465 e. The fourth-order valence-corrected chi connectivity index (χ4v) is 4.03. The molecule has 2 aromatic rings. The molecule has 1 aliphatic rings. The number of ketones is 1. The van der Waals surface area contributed by atoms with Gasteiger partial charge in [-0.05, 0) is 47.7 Å². The molecule has 0 bridgehead atoms. The monoisotopic (exact) mass is 336 g/mol. The number of esters is 1. The molecule has 0 aromatic heterocycles. The maximum Gasteiger partial charge on any atom is 0.337 e. The van der Waals surface area contributed by atoms with Gasteiger partial charge in [0.05, 0.1) is 18.1 Å². The van der Waals surface area contributed by atoms with Gasteiger partial charge in [-0.15, -0.1) is 0 Å². The summed E-state index contributed by atoms with van der Waals surface area (Å²) in [6, 6.07) is 13.5. The number of carbonyl (C=O) groups is 2. The van der Waals surface area contributed by atoms with Crippen molar-refractivity contribution in [3.8, 4) is 11.1 Å². The van der Waals surface area contributed by atoms with E-state index in [1.807, 2.05) is 24.3 Å². The van der Waals surface area contributed by atoms with Gasteiger partial charge in [0.2, 0.25) is 0 Å². The van der Waals surface area contributed by atoms with Crippen molar-refractivity contribution in [2.45, 2.75) is 44.9 Å². The molecule has 1 aliphatic carbocycles. The molecule has 130 valence electrons. The number of Topliss-reactive ketones (excluding diaryl/α,β-unsaturated/α-hetero) is 1. The third-order valence-electron chi connectivity index (χ3n) is 5.21. The van der Waals surface area contributed by atoms with Gasteiger partial charge in [-0.3, -0.25) is 4.79 Å². The van der Waals surface area contributed by atoms with Gasteiger partial charge in [-0.1, -0.05) is 51.0 Å². The molecule has 0 saturated heterocycles. The predicted molar refractivity (Wildman–Crippen MR) is 99.0 cm³/mol. The van der Waals surface area contributed by atoms with E-state index in [2.05, 4.69) is 19.9 Å². The molecule has 0 spiro atoms. The van der Waals surface area contributed by atoms with E-state index >= 15 is 0 Å². The maximum absolute atomic E-state index is 12.7. The second-order valence-corrected chi connectivity index (χ2v) is 6.74. The molecular formula is C22H24O3. The van der Waals surface area contributed by atoms with E-state index in [-0.39, 0.29) is 11.4 Å². The molecule has 0 saturated carbocycles. The number of hydrogen-bond acceptors (Lipinski definition) is 3. The summed E-state index contributed by atoms with van der Waals surface area (Å²) in [5, 5.41) is 0. The molecule has 0 radical (unpaired) electrons. The van der Waals surface area contributed by atoms with Gasteiger partial charge < -0.3 is 4.74 Å². The highest BCUT2D eigenvalue weighted by molar-refractivity contribution is 6.14. The van der Waals surface area contributed by atoms with Crippen LogP contribution in [0.15, 0.2) is 42.5 Å². The molecule has 0 aliphatic heterocycles. The predicted octanol–water partition coefficient (Wildman–Crippen LogP) is 5.17. The topological polar surface area (TPSA) is 43.4 Å². The lowest BCUT2D eigenvalue weighted by Gasteiger charge is -2.42. The zero-order chi connectivity index (χ0) is 18.0. The smallest absolute Gasteiger partial charge is 0.337 e. The van der Waals surface area contributed by atoms with E-state index in [9.17, 15) is 9.59 Å². The minimum atomic E-state index is -0.334. The Balaban J connectivity index is 1.97. The van der Waals surface area contributed by atoms with E-state index in [0.717, 1.165) is 42.4 Å². The van der Waals surface area contributed by atoms with Crippen LogP contribution in [-0.2, 0) is 10.2 Å². The molecule has 3 rings (SSSR count). The quantitative estimate of drug-likeness (QED) is 0.683. The highest BCUT2D eigenvalue weighted by Crippen LogP contribution is 2.48. The highest BCUT2D eigenvalue weighted by Gasteiger charge is 2.49. The van der Waals surface area contributed by atoms with E-state index in [4.69, 9.17) is 4.74 Å².